The molecule has 0 aliphatic carbocycles. The van der Waals surface area contributed by atoms with Crippen LogP contribution in [0.4, 0.5) is 8.78 Å². The molecule has 2 aromatic carbocycles. The Kier molecular flexibility index (Phi) is 5.49. The largest absolute Gasteiger partial charge is 0.434 e. The van der Waals surface area contributed by atoms with E-state index in [9.17, 15) is 8.78 Å². The van der Waals surface area contributed by atoms with Gasteiger partial charge in [-0.25, -0.2) is 0 Å². The molecule has 0 unspecified atom stereocenters. The van der Waals surface area contributed by atoms with Crippen molar-refractivity contribution in [1.82, 2.24) is 5.32 Å². The Morgan fingerprint density at radius 3 is 2.40 bits per heavy atom. The van der Waals surface area contributed by atoms with Gasteiger partial charge in [0.1, 0.15) is 5.75 Å². The van der Waals surface area contributed by atoms with Crippen molar-refractivity contribution in [3.63, 3.8) is 0 Å². The zero-order chi connectivity index (χ0) is 14.4. The summed E-state index contributed by atoms with van der Waals surface area (Å²) in [6.45, 7) is -1.67. The molecule has 20 heavy (non-hydrogen) atoms. The first kappa shape index (κ1) is 14.9. The summed E-state index contributed by atoms with van der Waals surface area (Å²) < 4.78 is 30.1. The fraction of sp³-hybridized carbons (Fsp3) is 0.200. The van der Waals surface area contributed by atoms with Crippen molar-refractivity contribution in [3.05, 3.63) is 64.1 Å². The molecule has 0 aliphatic rings. The maximum Gasteiger partial charge on any atom is 0.387 e. The quantitative estimate of drug-likeness (QED) is 0.843. The van der Waals surface area contributed by atoms with Gasteiger partial charge in [0.05, 0.1) is 0 Å². The molecule has 0 saturated carbocycles. The zero-order valence-corrected chi connectivity index (χ0v) is 12.2. The summed E-state index contributed by atoms with van der Waals surface area (Å²) in [6, 6.07) is 14.7. The molecule has 0 fully saturated rings. The first-order valence-electron chi connectivity index (χ1n) is 6.13. The predicted molar refractivity (Wildman–Crippen MR) is 77.8 cm³/mol. The van der Waals surface area contributed by atoms with Crippen LogP contribution in [-0.2, 0) is 13.1 Å². The van der Waals surface area contributed by atoms with Crippen LogP contribution in [0, 0.1) is 0 Å². The van der Waals surface area contributed by atoms with E-state index >= 15 is 0 Å². The van der Waals surface area contributed by atoms with Crippen molar-refractivity contribution in [1.29, 1.82) is 0 Å². The highest BCUT2D eigenvalue weighted by Crippen LogP contribution is 2.20. The number of halogens is 3. The van der Waals surface area contributed by atoms with E-state index in [2.05, 4.69) is 26.0 Å². The van der Waals surface area contributed by atoms with Gasteiger partial charge in [-0.1, -0.05) is 46.3 Å². The van der Waals surface area contributed by atoms with Gasteiger partial charge >= 0.3 is 6.61 Å². The van der Waals surface area contributed by atoms with Crippen LogP contribution in [0.25, 0.3) is 0 Å². The van der Waals surface area contributed by atoms with Gasteiger partial charge in [0.25, 0.3) is 0 Å². The number of nitrogens with one attached hydrogen (secondary N) is 1. The van der Waals surface area contributed by atoms with Crippen molar-refractivity contribution < 1.29 is 13.5 Å². The van der Waals surface area contributed by atoms with Gasteiger partial charge < -0.3 is 10.1 Å². The molecule has 0 amide bonds. The van der Waals surface area contributed by atoms with Crippen LogP contribution in [0.15, 0.2) is 53.0 Å². The van der Waals surface area contributed by atoms with E-state index in [4.69, 9.17) is 0 Å². The van der Waals surface area contributed by atoms with Crippen LogP contribution >= 0.6 is 15.9 Å². The van der Waals surface area contributed by atoms with E-state index in [0.29, 0.717) is 18.7 Å². The van der Waals surface area contributed by atoms with Gasteiger partial charge in [-0.15, -0.1) is 0 Å². The Hall–Kier alpha value is -1.46. The molecule has 2 nitrogen and oxygen atoms in total. The van der Waals surface area contributed by atoms with Gasteiger partial charge in [-0.05, 0) is 23.8 Å². The van der Waals surface area contributed by atoms with Crippen LogP contribution in [0.2, 0.25) is 0 Å². The monoisotopic (exact) mass is 341 g/mol. The Labute approximate surface area is 124 Å². The topological polar surface area (TPSA) is 21.3 Å². The van der Waals surface area contributed by atoms with Gasteiger partial charge in [0, 0.05) is 23.1 Å². The number of hydrogen-bond acceptors (Lipinski definition) is 2. The second-order valence-electron chi connectivity index (χ2n) is 4.22. The van der Waals surface area contributed by atoms with Crippen LogP contribution in [0.3, 0.4) is 0 Å². The van der Waals surface area contributed by atoms with E-state index in [0.717, 1.165) is 10.0 Å². The van der Waals surface area contributed by atoms with E-state index in [1.807, 2.05) is 24.3 Å². The molecule has 106 valence electrons. The summed E-state index contributed by atoms with van der Waals surface area (Å²) in [5.74, 6) is 0.214. The first-order chi connectivity index (χ1) is 9.65. The number of benzene rings is 2. The highest BCUT2D eigenvalue weighted by Gasteiger charge is 2.08. The third-order valence-corrected chi connectivity index (χ3v) is 3.28. The van der Waals surface area contributed by atoms with Crippen LogP contribution in [-0.4, -0.2) is 6.61 Å². The lowest BCUT2D eigenvalue weighted by Crippen LogP contribution is -2.14. The van der Waals surface area contributed by atoms with Crippen LogP contribution < -0.4 is 10.1 Å². The molecular formula is C15H14BrF2NO. The standard InChI is InChI=1S/C15H14BrF2NO/c16-13-7-5-11(6-8-13)9-19-10-12-3-1-2-4-14(12)20-15(17)18/h1-8,15,19H,9-10H2. The summed E-state index contributed by atoms with van der Waals surface area (Å²) in [5, 5.41) is 3.21. The second kappa shape index (κ2) is 7.36. The van der Waals surface area contributed by atoms with E-state index in [1.54, 1.807) is 24.3 Å². The van der Waals surface area contributed by atoms with Gasteiger partial charge in [-0.3, -0.25) is 0 Å². The molecule has 0 bridgehead atoms. The highest BCUT2D eigenvalue weighted by molar-refractivity contribution is 9.10. The lowest BCUT2D eigenvalue weighted by molar-refractivity contribution is -0.0505. The normalized spacial score (nSPS) is 10.8. The Morgan fingerprint density at radius 2 is 1.70 bits per heavy atom. The number of hydrogen-bond donors (Lipinski definition) is 1. The Bertz CT molecular complexity index is 546. The van der Waals surface area contributed by atoms with Gasteiger partial charge in [-0.2, -0.15) is 8.78 Å². The molecule has 0 aliphatic heterocycles. The number of rotatable bonds is 6. The third-order valence-electron chi connectivity index (χ3n) is 2.75. The average molecular weight is 342 g/mol. The molecule has 0 saturated heterocycles. The summed E-state index contributed by atoms with van der Waals surface area (Å²) >= 11 is 3.37. The van der Waals surface area contributed by atoms with E-state index in [-0.39, 0.29) is 5.75 Å². The minimum absolute atomic E-state index is 0.214. The molecule has 2 aromatic rings. The summed E-state index contributed by atoms with van der Waals surface area (Å²) in [7, 11) is 0. The number of ether oxygens (including phenoxy) is 1. The molecule has 0 radical (unpaired) electrons. The SMILES string of the molecule is FC(F)Oc1ccccc1CNCc1ccc(Br)cc1. The van der Waals surface area contributed by atoms with Crippen molar-refractivity contribution in [2.75, 3.05) is 0 Å². The maximum atomic E-state index is 12.3. The predicted octanol–water partition coefficient (Wildman–Crippen LogP) is 4.34. The van der Waals surface area contributed by atoms with Gasteiger partial charge in [0.2, 0.25) is 0 Å². The molecule has 0 atom stereocenters. The van der Waals surface area contributed by atoms with Crippen LogP contribution in [0.5, 0.6) is 5.75 Å². The molecule has 0 spiro atoms. The number of alkyl halides is 2. The molecule has 1 N–H and O–H groups in total. The average Bonchev–Trinajstić information content (AvgIpc) is 2.42. The molecular weight excluding hydrogens is 328 g/mol. The third kappa shape index (κ3) is 4.58. The summed E-state index contributed by atoms with van der Waals surface area (Å²) in [6.07, 6.45) is 0. The maximum absolute atomic E-state index is 12.3. The molecule has 0 aromatic heterocycles. The minimum Gasteiger partial charge on any atom is -0.434 e. The Balaban J connectivity index is 1.92. The van der Waals surface area contributed by atoms with Crippen LogP contribution in [0.1, 0.15) is 11.1 Å². The Morgan fingerprint density at radius 1 is 1.00 bits per heavy atom. The molecule has 5 heteroatoms. The minimum atomic E-state index is -2.80. The highest BCUT2D eigenvalue weighted by atomic mass is 79.9. The van der Waals surface area contributed by atoms with Crippen molar-refractivity contribution >= 4 is 15.9 Å². The molecule has 2 rings (SSSR count). The van der Waals surface area contributed by atoms with E-state index < -0.39 is 6.61 Å². The summed E-state index contributed by atoms with van der Waals surface area (Å²) in [5.41, 5.74) is 1.84. The van der Waals surface area contributed by atoms with E-state index in [1.165, 1.54) is 0 Å². The smallest absolute Gasteiger partial charge is 0.387 e. The fourth-order valence-corrected chi connectivity index (χ4v) is 2.07. The lowest BCUT2D eigenvalue weighted by Gasteiger charge is -2.11. The number of para-hydroxylation sites is 1. The second-order valence-corrected chi connectivity index (χ2v) is 5.13. The van der Waals surface area contributed by atoms with Gasteiger partial charge in [0.15, 0.2) is 0 Å². The summed E-state index contributed by atoms with van der Waals surface area (Å²) in [4.78, 5) is 0. The molecule has 0 heterocycles. The van der Waals surface area contributed by atoms with Crippen molar-refractivity contribution in [2.45, 2.75) is 19.7 Å². The van der Waals surface area contributed by atoms with Crippen molar-refractivity contribution in [2.24, 2.45) is 0 Å². The zero-order valence-electron chi connectivity index (χ0n) is 10.7. The van der Waals surface area contributed by atoms with Crippen molar-refractivity contribution in [3.8, 4) is 5.75 Å². The fourth-order valence-electron chi connectivity index (χ4n) is 1.80. The lowest BCUT2D eigenvalue weighted by atomic mass is 10.2. The first-order valence-corrected chi connectivity index (χ1v) is 6.92.